The maximum Gasteiger partial charge on any atom is 0.330 e. The van der Waals surface area contributed by atoms with Gasteiger partial charge in [-0.25, -0.2) is 24.0 Å². The lowest BCUT2D eigenvalue weighted by Crippen LogP contribution is -2.32. The molecule has 0 aliphatic rings. The summed E-state index contributed by atoms with van der Waals surface area (Å²) in [5.74, 6) is -4.72. The van der Waals surface area contributed by atoms with Crippen molar-refractivity contribution >= 4 is 29.8 Å². The van der Waals surface area contributed by atoms with Crippen molar-refractivity contribution in [3.8, 4) is 0 Å². The van der Waals surface area contributed by atoms with Gasteiger partial charge in [0.05, 0.1) is 19.8 Å². The van der Waals surface area contributed by atoms with Gasteiger partial charge in [-0.05, 0) is 27.2 Å². The average Bonchev–Trinajstić information content (AvgIpc) is 2.95. The van der Waals surface area contributed by atoms with E-state index in [1.165, 1.54) is 20.8 Å². The number of aliphatic hydroxyl groups excluding tert-OH is 5. The van der Waals surface area contributed by atoms with Crippen molar-refractivity contribution < 1.29 is 75.0 Å². The molecular formula is C28H50O15. The van der Waals surface area contributed by atoms with Gasteiger partial charge in [0.2, 0.25) is 0 Å². The van der Waals surface area contributed by atoms with Crippen LogP contribution in [0.2, 0.25) is 0 Å². The molecule has 0 aliphatic heterocycles. The van der Waals surface area contributed by atoms with Crippen molar-refractivity contribution in [1.82, 2.24) is 0 Å². The zero-order valence-corrected chi connectivity index (χ0v) is 25.5. The third-order valence-electron chi connectivity index (χ3n) is 3.82. The molecule has 15 heteroatoms. The van der Waals surface area contributed by atoms with E-state index in [0.717, 1.165) is 12.2 Å². The molecule has 0 saturated carbocycles. The van der Waals surface area contributed by atoms with Crippen LogP contribution in [0.1, 0.15) is 41.0 Å². The Balaban J connectivity index is -0.0000000710. The van der Waals surface area contributed by atoms with E-state index in [1.54, 1.807) is 6.92 Å². The van der Waals surface area contributed by atoms with E-state index in [2.05, 4.69) is 32.9 Å². The Morgan fingerprint density at radius 2 is 0.767 bits per heavy atom. The van der Waals surface area contributed by atoms with Gasteiger partial charge in [-0.2, -0.15) is 0 Å². The van der Waals surface area contributed by atoms with Gasteiger partial charge >= 0.3 is 29.8 Å². The third kappa shape index (κ3) is 62.7. The lowest BCUT2D eigenvalue weighted by atomic mass is 9.88. The zero-order chi connectivity index (χ0) is 36.4. The molecule has 43 heavy (non-hydrogen) atoms. The Bertz CT molecular complexity index is 709. The Hall–Kier alpha value is -4.15. The summed E-state index contributed by atoms with van der Waals surface area (Å²) in [5, 5.41) is 81.2. The minimum absolute atomic E-state index is 0.0463. The van der Waals surface area contributed by atoms with Crippen LogP contribution in [0.25, 0.3) is 0 Å². The van der Waals surface area contributed by atoms with Crippen LogP contribution in [0.5, 0.6) is 0 Å². The van der Waals surface area contributed by atoms with Crippen molar-refractivity contribution in [3.63, 3.8) is 0 Å². The predicted molar refractivity (Wildman–Crippen MR) is 160 cm³/mol. The Morgan fingerprint density at radius 3 is 0.767 bits per heavy atom. The smallest absolute Gasteiger partial charge is 0.330 e. The molecule has 10 N–H and O–H groups in total. The second-order valence-corrected chi connectivity index (χ2v) is 8.14. The topological polar surface area (TPSA) is 288 Å². The first-order valence-electron chi connectivity index (χ1n) is 11.9. The standard InChI is InChI=1S/C6H14O3.C4H10O2.3C4H6O2.2C3H4O2/c1-2-6(3-7,4-8)5-9;1-4(2-5)3-6;3*1-3(2)4(5)6;2*1-2-3(4)5/h7-9H,2-5H2,1H3;4-6H,2-3H2,1H3;3*1H2,2H3,(H,5,6);2*2H,1H2,(H,4,5). The quantitative estimate of drug-likeness (QED) is 0.145. The first kappa shape index (κ1) is 54.9. The number of hydrogen-bond acceptors (Lipinski definition) is 10. The Morgan fingerprint density at radius 1 is 0.605 bits per heavy atom. The van der Waals surface area contributed by atoms with E-state index in [1.807, 2.05) is 6.92 Å². The van der Waals surface area contributed by atoms with Crippen LogP contribution in [0, 0.1) is 11.3 Å². The van der Waals surface area contributed by atoms with Crippen LogP contribution in [0.4, 0.5) is 0 Å². The number of aliphatic hydroxyl groups is 5. The fourth-order valence-electron chi connectivity index (χ4n) is 0.543. The first-order chi connectivity index (χ1) is 19.5. The molecule has 0 unspecified atom stereocenters. The van der Waals surface area contributed by atoms with Gasteiger partial charge in [0, 0.05) is 53.4 Å². The summed E-state index contributed by atoms with van der Waals surface area (Å²) in [4.78, 5) is 47.3. The molecule has 0 aromatic carbocycles. The molecular weight excluding hydrogens is 576 g/mol. The van der Waals surface area contributed by atoms with Crippen LogP contribution >= 0.6 is 0 Å². The molecule has 0 spiro atoms. The summed E-state index contributed by atoms with van der Waals surface area (Å²) < 4.78 is 0. The van der Waals surface area contributed by atoms with Gasteiger partial charge in [-0.1, -0.05) is 46.7 Å². The van der Waals surface area contributed by atoms with Gasteiger partial charge in [-0.3, -0.25) is 0 Å². The second kappa shape index (κ2) is 37.9. The van der Waals surface area contributed by atoms with Crippen molar-refractivity contribution in [3.05, 3.63) is 61.8 Å². The lowest BCUT2D eigenvalue weighted by molar-refractivity contribution is -0.133. The zero-order valence-electron chi connectivity index (χ0n) is 25.5. The molecule has 15 nitrogen and oxygen atoms in total. The highest BCUT2D eigenvalue weighted by Gasteiger charge is 2.24. The summed E-state index contributed by atoms with van der Waals surface area (Å²) in [5.41, 5.74) is -0.139. The van der Waals surface area contributed by atoms with Gasteiger partial charge in [0.25, 0.3) is 0 Å². The van der Waals surface area contributed by atoms with Crippen LogP contribution in [0.3, 0.4) is 0 Å². The predicted octanol–water partition coefficient (Wildman–Crippen LogP) is 1.42. The molecule has 0 bridgehead atoms. The lowest BCUT2D eigenvalue weighted by Gasteiger charge is -2.24. The molecule has 0 aliphatic carbocycles. The maximum absolute atomic E-state index is 9.60. The van der Waals surface area contributed by atoms with Gasteiger partial charge in [0.15, 0.2) is 0 Å². The summed E-state index contributed by atoms with van der Waals surface area (Å²) in [6.07, 6.45) is 2.26. The van der Waals surface area contributed by atoms with Crippen LogP contribution in [-0.2, 0) is 24.0 Å². The largest absolute Gasteiger partial charge is 0.478 e. The molecule has 252 valence electrons. The van der Waals surface area contributed by atoms with Crippen molar-refractivity contribution in [2.75, 3.05) is 33.0 Å². The summed E-state index contributed by atoms with van der Waals surface area (Å²) in [6.45, 7) is 23.0. The van der Waals surface area contributed by atoms with Gasteiger partial charge in [0.1, 0.15) is 0 Å². The SMILES string of the molecule is C=C(C)C(=O)O.C=C(C)C(=O)O.C=C(C)C(=O)O.C=CC(=O)O.C=CC(=O)O.CC(CO)CO.CCC(CO)(CO)CO. The van der Waals surface area contributed by atoms with E-state index in [9.17, 15) is 24.0 Å². The minimum Gasteiger partial charge on any atom is -0.478 e. The number of carbonyl (C=O) groups is 5. The monoisotopic (exact) mass is 626 g/mol. The number of aliphatic carboxylic acids is 5. The minimum atomic E-state index is -0.981. The molecule has 0 fully saturated rings. The normalized spacial score (nSPS) is 8.53. The number of carboxylic acid groups (broad SMARTS) is 5. The highest BCUT2D eigenvalue weighted by atomic mass is 16.4. The number of hydrogen-bond donors (Lipinski definition) is 10. The maximum atomic E-state index is 9.60. The van der Waals surface area contributed by atoms with E-state index in [-0.39, 0.29) is 55.7 Å². The van der Waals surface area contributed by atoms with E-state index >= 15 is 0 Å². The van der Waals surface area contributed by atoms with Crippen LogP contribution in [0.15, 0.2) is 61.8 Å². The summed E-state index contributed by atoms with van der Waals surface area (Å²) in [7, 11) is 0. The van der Waals surface area contributed by atoms with Gasteiger partial charge in [-0.15, -0.1) is 0 Å². The number of rotatable bonds is 11. The van der Waals surface area contributed by atoms with Gasteiger partial charge < -0.3 is 51.1 Å². The van der Waals surface area contributed by atoms with Crippen molar-refractivity contribution in [1.29, 1.82) is 0 Å². The molecule has 0 heterocycles. The van der Waals surface area contributed by atoms with Crippen molar-refractivity contribution in [2.24, 2.45) is 11.3 Å². The molecule has 0 amide bonds. The first-order valence-corrected chi connectivity index (χ1v) is 11.9. The Kier molecular flexibility index (Phi) is 48.3. The highest BCUT2D eigenvalue weighted by Crippen LogP contribution is 2.18. The fourth-order valence-corrected chi connectivity index (χ4v) is 0.543. The number of carboxylic acids is 5. The van der Waals surface area contributed by atoms with Crippen molar-refractivity contribution in [2.45, 2.75) is 41.0 Å². The summed E-state index contributed by atoms with van der Waals surface area (Å²) >= 11 is 0. The van der Waals surface area contributed by atoms with Crippen LogP contribution in [-0.4, -0.2) is 114 Å². The molecule has 0 aromatic rings. The fraction of sp³-hybridized carbons (Fsp3) is 0.464. The molecule has 0 rings (SSSR count). The molecule has 0 atom stereocenters. The highest BCUT2D eigenvalue weighted by molar-refractivity contribution is 5.85. The van der Waals surface area contributed by atoms with E-state index < -0.39 is 35.3 Å². The Labute approximate surface area is 252 Å². The van der Waals surface area contributed by atoms with E-state index in [0.29, 0.717) is 6.42 Å². The van der Waals surface area contributed by atoms with Crippen LogP contribution < -0.4 is 0 Å². The molecule has 0 aromatic heterocycles. The average molecular weight is 627 g/mol. The summed E-state index contributed by atoms with van der Waals surface area (Å²) in [6, 6.07) is 0. The molecule has 0 saturated heterocycles. The molecule has 0 radical (unpaired) electrons. The second-order valence-electron chi connectivity index (χ2n) is 8.14. The third-order valence-corrected chi connectivity index (χ3v) is 3.82. The van der Waals surface area contributed by atoms with E-state index in [4.69, 9.17) is 51.1 Å².